The van der Waals surface area contributed by atoms with Gasteiger partial charge in [-0.2, -0.15) is 0 Å². The quantitative estimate of drug-likeness (QED) is 0.600. The molecule has 5 rings (SSSR count). The van der Waals surface area contributed by atoms with Crippen LogP contribution < -0.4 is 0 Å². The van der Waals surface area contributed by atoms with Crippen LogP contribution in [-0.2, 0) is 11.3 Å². The van der Waals surface area contributed by atoms with Gasteiger partial charge in [0.15, 0.2) is 0 Å². The van der Waals surface area contributed by atoms with Gasteiger partial charge in [-0.3, -0.25) is 9.59 Å². The molecule has 2 atom stereocenters. The number of thiophene rings is 1. The molecule has 0 unspecified atom stereocenters. The molecule has 0 N–H and O–H groups in total. The fourth-order valence-electron chi connectivity index (χ4n) is 4.92. The summed E-state index contributed by atoms with van der Waals surface area (Å²) < 4.78 is 0. The van der Waals surface area contributed by atoms with E-state index in [0.29, 0.717) is 19.6 Å². The minimum absolute atomic E-state index is 0.0543. The summed E-state index contributed by atoms with van der Waals surface area (Å²) in [6.45, 7) is 2.59. The van der Waals surface area contributed by atoms with Gasteiger partial charge in [0.2, 0.25) is 5.91 Å². The Bertz CT molecular complexity index is 1060. The molecule has 2 aliphatic rings. The van der Waals surface area contributed by atoms with Gasteiger partial charge in [0.1, 0.15) is 0 Å². The zero-order chi connectivity index (χ0) is 21.2. The van der Waals surface area contributed by atoms with Crippen molar-refractivity contribution >= 4 is 23.2 Å². The fourth-order valence-corrected chi connectivity index (χ4v) is 5.61. The summed E-state index contributed by atoms with van der Waals surface area (Å²) in [4.78, 5) is 31.0. The Hall–Kier alpha value is -2.92. The van der Waals surface area contributed by atoms with Crippen LogP contribution in [0.15, 0.2) is 72.1 Å². The maximum Gasteiger partial charge on any atom is 0.263 e. The lowest BCUT2D eigenvalue weighted by atomic mass is 9.84. The van der Waals surface area contributed by atoms with Gasteiger partial charge >= 0.3 is 0 Å². The second-order valence-corrected chi connectivity index (χ2v) is 9.40. The standard InChI is InChI=1S/C26H26N2O2S/c29-25(21-11-6-14-27(17-21)26(30)24-13-7-15-31-24)28-16-20-10-4-5-12-22(20)23(18-28)19-8-2-1-3-9-19/h1-5,7-10,12-13,15,21,23H,6,11,14,16-18H2/t21-,23-/m1/s1. The van der Waals surface area contributed by atoms with Gasteiger partial charge in [0, 0.05) is 32.1 Å². The Kier molecular flexibility index (Phi) is 5.60. The molecular formula is C26H26N2O2S. The van der Waals surface area contributed by atoms with Crippen molar-refractivity contribution in [3.63, 3.8) is 0 Å². The predicted octanol–water partition coefficient (Wildman–Crippen LogP) is 4.77. The van der Waals surface area contributed by atoms with E-state index >= 15 is 0 Å². The molecule has 0 bridgehead atoms. The van der Waals surface area contributed by atoms with Gasteiger partial charge in [-0.05, 0) is 41.0 Å². The van der Waals surface area contributed by atoms with E-state index in [4.69, 9.17) is 0 Å². The van der Waals surface area contributed by atoms with E-state index in [-0.39, 0.29) is 23.7 Å². The zero-order valence-corrected chi connectivity index (χ0v) is 18.3. The monoisotopic (exact) mass is 430 g/mol. The largest absolute Gasteiger partial charge is 0.337 e. The summed E-state index contributed by atoms with van der Waals surface area (Å²) in [6.07, 6.45) is 1.72. The van der Waals surface area contributed by atoms with E-state index in [0.717, 1.165) is 24.3 Å². The minimum atomic E-state index is -0.126. The van der Waals surface area contributed by atoms with E-state index in [9.17, 15) is 9.59 Å². The van der Waals surface area contributed by atoms with Crippen molar-refractivity contribution in [1.29, 1.82) is 0 Å². The number of nitrogens with zero attached hydrogens (tertiary/aromatic N) is 2. The molecule has 0 aliphatic carbocycles. The summed E-state index contributed by atoms with van der Waals surface area (Å²) in [7, 11) is 0. The second-order valence-electron chi connectivity index (χ2n) is 8.45. The van der Waals surface area contributed by atoms with Gasteiger partial charge in [0.05, 0.1) is 10.8 Å². The van der Waals surface area contributed by atoms with Gasteiger partial charge in [-0.15, -0.1) is 11.3 Å². The van der Waals surface area contributed by atoms with Crippen molar-refractivity contribution in [2.45, 2.75) is 25.3 Å². The number of hydrogen-bond acceptors (Lipinski definition) is 3. The molecule has 158 valence electrons. The third-order valence-electron chi connectivity index (χ3n) is 6.50. The fraction of sp³-hybridized carbons (Fsp3) is 0.308. The number of benzene rings is 2. The zero-order valence-electron chi connectivity index (χ0n) is 17.4. The van der Waals surface area contributed by atoms with Crippen LogP contribution in [0.2, 0.25) is 0 Å². The summed E-state index contributed by atoms with van der Waals surface area (Å²) >= 11 is 1.47. The summed E-state index contributed by atoms with van der Waals surface area (Å²) in [5.41, 5.74) is 3.78. The van der Waals surface area contributed by atoms with Crippen LogP contribution in [0.25, 0.3) is 0 Å². The maximum atomic E-state index is 13.6. The van der Waals surface area contributed by atoms with Gasteiger partial charge in [-0.25, -0.2) is 0 Å². The number of piperidine rings is 1. The van der Waals surface area contributed by atoms with Gasteiger partial charge in [-0.1, -0.05) is 60.7 Å². The van der Waals surface area contributed by atoms with E-state index < -0.39 is 0 Å². The van der Waals surface area contributed by atoms with E-state index in [1.165, 1.54) is 28.0 Å². The smallest absolute Gasteiger partial charge is 0.263 e. The SMILES string of the molecule is O=C(c1cccs1)N1CCC[C@@H](C(=O)N2Cc3ccccc3[C@@H](c3ccccc3)C2)C1. The molecule has 3 aromatic rings. The lowest BCUT2D eigenvalue weighted by molar-refractivity contribution is -0.138. The highest BCUT2D eigenvalue weighted by Gasteiger charge is 2.35. The molecule has 0 spiro atoms. The highest BCUT2D eigenvalue weighted by molar-refractivity contribution is 7.12. The van der Waals surface area contributed by atoms with Crippen LogP contribution in [0.5, 0.6) is 0 Å². The Morgan fingerprint density at radius 1 is 0.871 bits per heavy atom. The molecule has 1 saturated heterocycles. The van der Waals surface area contributed by atoms with Crippen LogP contribution >= 0.6 is 11.3 Å². The van der Waals surface area contributed by atoms with Crippen LogP contribution in [0.4, 0.5) is 0 Å². The second kappa shape index (κ2) is 8.67. The van der Waals surface area contributed by atoms with E-state index in [2.05, 4.69) is 48.5 Å². The molecule has 0 radical (unpaired) electrons. The van der Waals surface area contributed by atoms with Gasteiger partial charge < -0.3 is 9.80 Å². The first-order chi connectivity index (χ1) is 15.2. The minimum Gasteiger partial charge on any atom is -0.337 e. The van der Waals surface area contributed by atoms with Crippen molar-refractivity contribution in [1.82, 2.24) is 9.80 Å². The number of amides is 2. The highest BCUT2D eigenvalue weighted by atomic mass is 32.1. The lowest BCUT2D eigenvalue weighted by Crippen LogP contribution is -2.48. The molecule has 4 nitrogen and oxygen atoms in total. The van der Waals surface area contributed by atoms with Crippen molar-refractivity contribution in [2.75, 3.05) is 19.6 Å². The Morgan fingerprint density at radius 3 is 2.48 bits per heavy atom. The lowest BCUT2D eigenvalue weighted by Gasteiger charge is -2.39. The Labute approximate surface area is 187 Å². The molecule has 31 heavy (non-hydrogen) atoms. The van der Waals surface area contributed by atoms with E-state index in [1.54, 1.807) is 0 Å². The first kappa shape index (κ1) is 20.0. The van der Waals surface area contributed by atoms with E-state index in [1.807, 2.05) is 33.4 Å². The average Bonchev–Trinajstić information content (AvgIpc) is 3.38. The normalized spacial score (nSPS) is 20.9. The Balaban J connectivity index is 1.36. The van der Waals surface area contributed by atoms with Crippen LogP contribution in [0.1, 0.15) is 45.1 Å². The number of carbonyl (C=O) groups excluding carboxylic acids is 2. The number of rotatable bonds is 3. The number of likely N-dealkylation sites (tertiary alicyclic amines) is 1. The van der Waals surface area contributed by atoms with Crippen molar-refractivity contribution in [3.05, 3.63) is 93.7 Å². The number of fused-ring (bicyclic) bond motifs is 1. The van der Waals surface area contributed by atoms with Gasteiger partial charge in [0.25, 0.3) is 5.91 Å². The topological polar surface area (TPSA) is 40.6 Å². The molecule has 0 saturated carbocycles. The van der Waals surface area contributed by atoms with Crippen molar-refractivity contribution in [2.24, 2.45) is 5.92 Å². The Morgan fingerprint density at radius 2 is 1.68 bits per heavy atom. The summed E-state index contributed by atoms with van der Waals surface area (Å²) in [5.74, 6) is 0.291. The summed E-state index contributed by atoms with van der Waals surface area (Å²) in [6, 6.07) is 22.7. The van der Waals surface area contributed by atoms with Crippen LogP contribution in [0, 0.1) is 5.92 Å². The van der Waals surface area contributed by atoms with Crippen LogP contribution in [-0.4, -0.2) is 41.2 Å². The molecule has 2 aromatic carbocycles. The first-order valence-electron chi connectivity index (χ1n) is 10.9. The third kappa shape index (κ3) is 4.02. The average molecular weight is 431 g/mol. The third-order valence-corrected chi connectivity index (χ3v) is 7.36. The maximum absolute atomic E-state index is 13.6. The molecular weight excluding hydrogens is 404 g/mol. The first-order valence-corrected chi connectivity index (χ1v) is 11.8. The van der Waals surface area contributed by atoms with Crippen molar-refractivity contribution < 1.29 is 9.59 Å². The van der Waals surface area contributed by atoms with Crippen LogP contribution in [0.3, 0.4) is 0 Å². The molecule has 3 heterocycles. The predicted molar refractivity (Wildman–Crippen MR) is 123 cm³/mol. The molecule has 2 amide bonds. The molecule has 2 aliphatic heterocycles. The molecule has 5 heteroatoms. The summed E-state index contributed by atoms with van der Waals surface area (Å²) in [5, 5.41) is 1.93. The number of hydrogen-bond donors (Lipinski definition) is 0. The molecule has 1 aromatic heterocycles. The van der Waals surface area contributed by atoms with Crippen molar-refractivity contribution in [3.8, 4) is 0 Å². The molecule has 1 fully saturated rings. The highest BCUT2D eigenvalue weighted by Crippen LogP contribution is 2.34. The number of carbonyl (C=O) groups is 2.